The minimum Gasteiger partial charge on any atom is -0.480 e. The highest BCUT2D eigenvalue weighted by atomic mass is 19.3. The number of fused-ring (bicyclic) bond motifs is 3. The molecule has 0 saturated carbocycles. The van der Waals surface area contributed by atoms with Gasteiger partial charge in [0, 0.05) is 18.0 Å². The largest absolute Gasteiger partial charge is 0.480 e. The predicted molar refractivity (Wildman–Crippen MR) is 83.6 cm³/mol. The number of halogens is 2. The van der Waals surface area contributed by atoms with E-state index in [0.717, 1.165) is 17.2 Å². The highest BCUT2D eigenvalue weighted by Crippen LogP contribution is 2.38. The molecule has 0 saturated heterocycles. The number of pyridine rings is 2. The molecule has 1 unspecified atom stereocenters. The van der Waals surface area contributed by atoms with E-state index in [-0.39, 0.29) is 27.1 Å². The SMILES string of the molecule is CC1C(=O)N(CC(=O)O)c2ccn(C(F)F)c(=O)c2-c2cccnc21. The molecule has 0 fully saturated rings. The van der Waals surface area contributed by atoms with E-state index in [4.69, 9.17) is 5.11 Å². The summed E-state index contributed by atoms with van der Waals surface area (Å²) in [6, 6.07) is 4.18. The van der Waals surface area contributed by atoms with Gasteiger partial charge in [-0.2, -0.15) is 8.78 Å². The van der Waals surface area contributed by atoms with Crippen LogP contribution in [0.5, 0.6) is 0 Å². The highest BCUT2D eigenvalue weighted by molar-refractivity contribution is 6.06. The van der Waals surface area contributed by atoms with Crippen LogP contribution >= 0.6 is 0 Å². The molecular formula is C16H13F2N3O4. The summed E-state index contributed by atoms with van der Waals surface area (Å²) in [5.74, 6) is -2.69. The maximum absolute atomic E-state index is 13.1. The first-order valence-electron chi connectivity index (χ1n) is 7.34. The molecule has 130 valence electrons. The Balaban J connectivity index is 2.39. The number of hydrogen-bond donors (Lipinski definition) is 1. The van der Waals surface area contributed by atoms with Crippen molar-refractivity contribution < 1.29 is 23.5 Å². The van der Waals surface area contributed by atoms with Gasteiger partial charge >= 0.3 is 12.5 Å². The molecule has 25 heavy (non-hydrogen) atoms. The van der Waals surface area contributed by atoms with Crippen molar-refractivity contribution in [2.24, 2.45) is 0 Å². The third-order valence-corrected chi connectivity index (χ3v) is 4.05. The highest BCUT2D eigenvalue weighted by Gasteiger charge is 2.35. The van der Waals surface area contributed by atoms with Gasteiger partial charge in [0.1, 0.15) is 6.54 Å². The van der Waals surface area contributed by atoms with Crippen LogP contribution in [0.3, 0.4) is 0 Å². The zero-order valence-electron chi connectivity index (χ0n) is 13.0. The molecule has 0 radical (unpaired) electrons. The smallest absolute Gasteiger partial charge is 0.323 e. The monoisotopic (exact) mass is 349 g/mol. The van der Waals surface area contributed by atoms with Gasteiger partial charge in [0.2, 0.25) is 5.91 Å². The summed E-state index contributed by atoms with van der Waals surface area (Å²) in [6.45, 7) is -2.23. The maximum Gasteiger partial charge on any atom is 0.323 e. The number of carboxylic acid groups (broad SMARTS) is 1. The van der Waals surface area contributed by atoms with E-state index in [1.54, 1.807) is 0 Å². The van der Waals surface area contributed by atoms with E-state index < -0.39 is 36.4 Å². The number of hydrogen-bond acceptors (Lipinski definition) is 4. The summed E-state index contributed by atoms with van der Waals surface area (Å²) >= 11 is 0. The third kappa shape index (κ3) is 2.67. The summed E-state index contributed by atoms with van der Waals surface area (Å²) < 4.78 is 26.4. The zero-order valence-corrected chi connectivity index (χ0v) is 13.0. The zero-order chi connectivity index (χ0) is 18.3. The Morgan fingerprint density at radius 3 is 2.72 bits per heavy atom. The molecule has 0 bridgehead atoms. The first kappa shape index (κ1) is 16.7. The molecule has 1 N–H and O–H groups in total. The van der Waals surface area contributed by atoms with Gasteiger partial charge in [-0.25, -0.2) is 0 Å². The van der Waals surface area contributed by atoms with Crippen molar-refractivity contribution in [1.82, 2.24) is 9.55 Å². The van der Waals surface area contributed by atoms with Crippen molar-refractivity contribution in [2.75, 3.05) is 11.4 Å². The second kappa shape index (κ2) is 6.08. The minimum absolute atomic E-state index is 0.0205. The number of carbonyl (C=O) groups excluding carboxylic acids is 1. The second-order valence-corrected chi connectivity index (χ2v) is 5.54. The van der Waals surface area contributed by atoms with Gasteiger partial charge < -0.3 is 5.11 Å². The van der Waals surface area contributed by atoms with Crippen LogP contribution in [0.15, 0.2) is 35.4 Å². The van der Waals surface area contributed by atoms with Crippen molar-refractivity contribution in [3.63, 3.8) is 0 Å². The Labute approximate surface area is 140 Å². The second-order valence-electron chi connectivity index (χ2n) is 5.54. The first-order valence-corrected chi connectivity index (χ1v) is 7.34. The number of aliphatic carboxylic acids is 1. The number of nitrogens with zero attached hydrogens (tertiary/aromatic N) is 3. The Morgan fingerprint density at radius 1 is 1.36 bits per heavy atom. The van der Waals surface area contributed by atoms with Crippen molar-refractivity contribution in [3.8, 4) is 11.1 Å². The van der Waals surface area contributed by atoms with E-state index in [1.807, 2.05) is 0 Å². The number of carbonyl (C=O) groups is 2. The van der Waals surface area contributed by atoms with Gasteiger partial charge in [-0.1, -0.05) is 6.07 Å². The summed E-state index contributed by atoms with van der Waals surface area (Å²) in [7, 11) is 0. The minimum atomic E-state index is -3.07. The average molecular weight is 349 g/mol. The molecule has 1 amide bonds. The number of alkyl halides is 2. The summed E-state index contributed by atoms with van der Waals surface area (Å²) in [5.41, 5.74) is -0.714. The molecule has 1 aliphatic rings. The topological polar surface area (TPSA) is 92.5 Å². The fourth-order valence-electron chi connectivity index (χ4n) is 2.91. The first-order chi connectivity index (χ1) is 11.8. The van der Waals surface area contributed by atoms with Gasteiger partial charge in [-0.3, -0.25) is 28.8 Å². The molecule has 2 aromatic heterocycles. The molecule has 2 aromatic rings. The van der Waals surface area contributed by atoms with E-state index in [1.165, 1.54) is 25.3 Å². The van der Waals surface area contributed by atoms with Gasteiger partial charge in [0.25, 0.3) is 5.56 Å². The number of aromatic nitrogens is 2. The van der Waals surface area contributed by atoms with Crippen molar-refractivity contribution in [3.05, 3.63) is 46.6 Å². The van der Waals surface area contributed by atoms with Gasteiger partial charge in [0.05, 0.1) is 22.9 Å². The van der Waals surface area contributed by atoms with Crippen LogP contribution in [0.4, 0.5) is 14.5 Å². The third-order valence-electron chi connectivity index (χ3n) is 4.05. The van der Waals surface area contributed by atoms with Gasteiger partial charge in [-0.15, -0.1) is 0 Å². The summed E-state index contributed by atoms with van der Waals surface area (Å²) in [6.07, 6.45) is 2.27. The molecule has 0 aliphatic carbocycles. The number of carboxylic acids is 1. The van der Waals surface area contributed by atoms with E-state index in [9.17, 15) is 23.2 Å². The molecular weight excluding hydrogens is 336 g/mol. The Morgan fingerprint density at radius 2 is 2.08 bits per heavy atom. The Kier molecular flexibility index (Phi) is 4.07. The maximum atomic E-state index is 13.1. The fraction of sp³-hybridized carbons (Fsp3) is 0.250. The summed E-state index contributed by atoms with van der Waals surface area (Å²) in [4.78, 5) is 41.5. The van der Waals surface area contributed by atoms with E-state index in [0.29, 0.717) is 0 Å². The van der Waals surface area contributed by atoms with Crippen LogP contribution in [-0.2, 0) is 9.59 Å². The van der Waals surface area contributed by atoms with Gasteiger partial charge in [0.15, 0.2) is 0 Å². The fourth-order valence-corrected chi connectivity index (χ4v) is 2.91. The molecule has 1 aliphatic heterocycles. The number of anilines is 1. The molecule has 1 atom stereocenters. The van der Waals surface area contributed by atoms with Gasteiger partial charge in [-0.05, 0) is 19.1 Å². The van der Waals surface area contributed by atoms with Crippen LogP contribution in [0.1, 0.15) is 25.1 Å². The predicted octanol–water partition coefficient (Wildman–Crippen LogP) is 1.84. The molecule has 0 spiro atoms. The van der Waals surface area contributed by atoms with E-state index in [2.05, 4.69) is 4.98 Å². The standard InChI is InChI=1S/C16H13F2N3O4/c1-8-13-9(3-2-5-19-13)12-10(21(14(8)24)7-11(22)23)4-6-20(15(12)25)16(17)18/h2-6,8,16H,7H2,1H3,(H,22,23). The van der Waals surface area contributed by atoms with Crippen LogP contribution < -0.4 is 10.5 Å². The lowest BCUT2D eigenvalue weighted by Gasteiger charge is -2.23. The number of rotatable bonds is 3. The Hall–Kier alpha value is -3.10. The molecule has 7 nitrogen and oxygen atoms in total. The lowest BCUT2D eigenvalue weighted by atomic mass is 9.98. The Bertz CT molecular complexity index is 926. The summed E-state index contributed by atoms with van der Waals surface area (Å²) in [5, 5.41) is 9.10. The molecule has 9 heteroatoms. The van der Waals surface area contributed by atoms with Crippen molar-refractivity contribution in [2.45, 2.75) is 19.4 Å². The average Bonchev–Trinajstić information content (AvgIpc) is 2.65. The van der Waals surface area contributed by atoms with E-state index >= 15 is 0 Å². The lowest BCUT2D eigenvalue weighted by molar-refractivity contribution is -0.136. The van der Waals surface area contributed by atoms with Crippen molar-refractivity contribution >= 4 is 17.6 Å². The lowest BCUT2D eigenvalue weighted by Crippen LogP contribution is -2.38. The number of amides is 1. The molecule has 3 heterocycles. The van der Waals surface area contributed by atoms with Crippen LogP contribution in [0.2, 0.25) is 0 Å². The van der Waals surface area contributed by atoms with Crippen molar-refractivity contribution in [1.29, 1.82) is 0 Å². The molecule has 0 aromatic carbocycles. The van der Waals surface area contributed by atoms with Crippen LogP contribution in [0.25, 0.3) is 11.1 Å². The molecule has 3 rings (SSSR count). The van der Waals surface area contributed by atoms with Crippen LogP contribution in [0, 0.1) is 0 Å². The van der Waals surface area contributed by atoms with Crippen LogP contribution in [-0.4, -0.2) is 33.1 Å². The normalized spacial score (nSPS) is 16.4. The quantitative estimate of drug-likeness (QED) is 0.913.